The van der Waals surface area contributed by atoms with E-state index in [0.29, 0.717) is 6.04 Å². The van der Waals surface area contributed by atoms with Crippen molar-refractivity contribution in [2.24, 2.45) is 0 Å². The molecule has 1 saturated heterocycles. The zero-order chi connectivity index (χ0) is 14.7. The van der Waals surface area contributed by atoms with Crippen LogP contribution in [0.15, 0.2) is 0 Å². The van der Waals surface area contributed by atoms with E-state index in [2.05, 4.69) is 24.1 Å². The zero-order valence-electron chi connectivity index (χ0n) is 13.5. The van der Waals surface area contributed by atoms with E-state index in [-0.39, 0.29) is 0 Å². The van der Waals surface area contributed by atoms with Crippen LogP contribution in [0.4, 0.5) is 5.13 Å². The lowest BCUT2D eigenvalue weighted by atomic mass is 9.97. The second-order valence-electron chi connectivity index (χ2n) is 6.44. The van der Waals surface area contributed by atoms with Crippen LogP contribution >= 0.6 is 11.3 Å². The first-order valence-electron chi connectivity index (χ1n) is 8.83. The second-order valence-corrected chi connectivity index (χ2v) is 7.50. The third-order valence-corrected chi connectivity index (χ3v) is 6.06. The van der Waals surface area contributed by atoms with Gasteiger partial charge in [-0.3, -0.25) is 0 Å². The molecule has 3 rings (SSSR count). The Hall–Kier alpha value is -0.610. The summed E-state index contributed by atoms with van der Waals surface area (Å²) in [7, 11) is 0. The Morgan fingerprint density at radius 2 is 2.14 bits per heavy atom. The number of hydrogen-bond acceptors (Lipinski definition) is 4. The van der Waals surface area contributed by atoms with Gasteiger partial charge in [-0.1, -0.05) is 20.3 Å². The quantitative estimate of drug-likeness (QED) is 0.879. The lowest BCUT2D eigenvalue weighted by Gasteiger charge is -2.35. The molecule has 2 heterocycles. The summed E-state index contributed by atoms with van der Waals surface area (Å²) in [4.78, 5) is 9.26. The largest absolute Gasteiger partial charge is 0.345 e. The first kappa shape index (κ1) is 15.3. The number of nitrogens with zero attached hydrogens (tertiary/aromatic N) is 2. The molecule has 118 valence electrons. The highest BCUT2D eigenvalue weighted by Gasteiger charge is 2.29. The number of fused-ring (bicyclic) bond motifs is 1. The lowest BCUT2D eigenvalue weighted by Crippen LogP contribution is -2.39. The molecule has 1 aliphatic carbocycles. The van der Waals surface area contributed by atoms with Gasteiger partial charge in [0, 0.05) is 17.5 Å². The van der Waals surface area contributed by atoms with Gasteiger partial charge in [-0.15, -0.1) is 11.3 Å². The summed E-state index contributed by atoms with van der Waals surface area (Å²) in [5.74, 6) is 0. The summed E-state index contributed by atoms with van der Waals surface area (Å²) in [5, 5.41) is 4.93. The van der Waals surface area contributed by atoms with Gasteiger partial charge in [0.2, 0.25) is 0 Å². The van der Waals surface area contributed by atoms with E-state index in [0.717, 1.165) is 12.6 Å². The van der Waals surface area contributed by atoms with Gasteiger partial charge in [-0.25, -0.2) is 4.98 Å². The van der Waals surface area contributed by atoms with Crippen molar-refractivity contribution in [3.63, 3.8) is 0 Å². The van der Waals surface area contributed by atoms with Crippen LogP contribution in [0.5, 0.6) is 0 Å². The summed E-state index contributed by atoms with van der Waals surface area (Å²) >= 11 is 1.98. The van der Waals surface area contributed by atoms with E-state index in [1.54, 1.807) is 4.88 Å². The Morgan fingerprint density at radius 1 is 1.24 bits per heavy atom. The van der Waals surface area contributed by atoms with Crippen LogP contribution in [-0.4, -0.2) is 24.1 Å². The van der Waals surface area contributed by atoms with Crippen LogP contribution < -0.4 is 10.2 Å². The van der Waals surface area contributed by atoms with Crippen molar-refractivity contribution in [3.05, 3.63) is 10.6 Å². The SMILES string of the molecule is CCCC1CCCCN1c1nc2c(s1)CCCC2NCC. The molecule has 1 N–H and O–H groups in total. The number of nitrogens with one attached hydrogen (secondary N) is 1. The van der Waals surface area contributed by atoms with E-state index in [9.17, 15) is 0 Å². The second kappa shape index (κ2) is 7.10. The van der Waals surface area contributed by atoms with Crippen molar-refractivity contribution in [1.82, 2.24) is 10.3 Å². The minimum absolute atomic E-state index is 0.498. The Morgan fingerprint density at radius 3 is 2.95 bits per heavy atom. The molecule has 4 heteroatoms. The number of hydrogen-bond donors (Lipinski definition) is 1. The summed E-state index contributed by atoms with van der Waals surface area (Å²) in [6.45, 7) is 6.76. The minimum atomic E-state index is 0.498. The summed E-state index contributed by atoms with van der Waals surface area (Å²) in [5.41, 5.74) is 1.36. The number of aryl methyl sites for hydroxylation is 1. The Kier molecular flexibility index (Phi) is 5.17. The van der Waals surface area contributed by atoms with Gasteiger partial charge in [0.05, 0.1) is 11.7 Å². The first-order valence-corrected chi connectivity index (χ1v) is 9.64. The monoisotopic (exact) mass is 307 g/mol. The van der Waals surface area contributed by atoms with E-state index < -0.39 is 0 Å². The molecule has 1 aliphatic heterocycles. The Bertz CT molecular complexity index is 455. The predicted octanol–water partition coefficient (Wildman–Crippen LogP) is 4.29. The summed E-state index contributed by atoms with van der Waals surface area (Å²) in [6.07, 6.45) is 10.5. The van der Waals surface area contributed by atoms with Gasteiger partial charge in [-0.2, -0.15) is 0 Å². The highest BCUT2D eigenvalue weighted by Crippen LogP contribution is 2.38. The normalized spacial score (nSPS) is 25.9. The van der Waals surface area contributed by atoms with Crippen LogP contribution in [0.3, 0.4) is 0 Å². The van der Waals surface area contributed by atoms with Crippen molar-refractivity contribution in [2.75, 3.05) is 18.0 Å². The average Bonchev–Trinajstić information content (AvgIpc) is 2.93. The molecule has 3 nitrogen and oxygen atoms in total. The van der Waals surface area contributed by atoms with Crippen LogP contribution in [0, 0.1) is 0 Å². The minimum Gasteiger partial charge on any atom is -0.345 e. The first-order chi connectivity index (χ1) is 10.3. The molecular formula is C17H29N3S. The molecule has 0 radical (unpaired) electrons. The third kappa shape index (κ3) is 3.26. The Labute approximate surface area is 133 Å². The maximum atomic E-state index is 5.09. The molecule has 21 heavy (non-hydrogen) atoms. The molecule has 2 atom stereocenters. The fraction of sp³-hybridized carbons (Fsp3) is 0.824. The molecule has 1 aromatic heterocycles. The van der Waals surface area contributed by atoms with Gasteiger partial charge in [0.25, 0.3) is 0 Å². The Balaban J connectivity index is 1.82. The van der Waals surface area contributed by atoms with Gasteiger partial charge in [-0.05, 0) is 51.5 Å². The fourth-order valence-electron chi connectivity index (χ4n) is 3.86. The molecule has 1 aromatic rings. The molecule has 0 saturated carbocycles. The van der Waals surface area contributed by atoms with Gasteiger partial charge in [0.1, 0.15) is 0 Å². The predicted molar refractivity (Wildman–Crippen MR) is 91.4 cm³/mol. The molecule has 1 fully saturated rings. The average molecular weight is 308 g/mol. The maximum Gasteiger partial charge on any atom is 0.186 e. The van der Waals surface area contributed by atoms with Crippen LogP contribution in [-0.2, 0) is 6.42 Å². The molecule has 2 aliphatic rings. The highest BCUT2D eigenvalue weighted by molar-refractivity contribution is 7.15. The van der Waals surface area contributed by atoms with E-state index >= 15 is 0 Å². The van der Waals surface area contributed by atoms with Crippen LogP contribution in [0.1, 0.15) is 75.4 Å². The smallest absolute Gasteiger partial charge is 0.186 e. The van der Waals surface area contributed by atoms with E-state index in [1.165, 1.54) is 68.7 Å². The molecule has 0 spiro atoms. The van der Waals surface area contributed by atoms with Gasteiger partial charge < -0.3 is 10.2 Å². The van der Waals surface area contributed by atoms with Crippen LogP contribution in [0.25, 0.3) is 0 Å². The lowest BCUT2D eigenvalue weighted by molar-refractivity contribution is 0.432. The van der Waals surface area contributed by atoms with E-state index in [1.807, 2.05) is 11.3 Å². The zero-order valence-corrected chi connectivity index (χ0v) is 14.3. The number of piperidine rings is 1. The van der Waals surface area contributed by atoms with Gasteiger partial charge >= 0.3 is 0 Å². The summed E-state index contributed by atoms with van der Waals surface area (Å²) < 4.78 is 0. The van der Waals surface area contributed by atoms with Crippen molar-refractivity contribution in [3.8, 4) is 0 Å². The van der Waals surface area contributed by atoms with E-state index in [4.69, 9.17) is 4.98 Å². The van der Waals surface area contributed by atoms with Gasteiger partial charge in [0.15, 0.2) is 5.13 Å². The molecule has 0 aromatic carbocycles. The number of rotatable bonds is 5. The van der Waals surface area contributed by atoms with Crippen molar-refractivity contribution in [2.45, 2.75) is 77.3 Å². The van der Waals surface area contributed by atoms with Crippen LogP contribution in [0.2, 0.25) is 0 Å². The topological polar surface area (TPSA) is 28.2 Å². The van der Waals surface area contributed by atoms with Crippen molar-refractivity contribution in [1.29, 1.82) is 0 Å². The van der Waals surface area contributed by atoms with Crippen molar-refractivity contribution >= 4 is 16.5 Å². The number of anilines is 1. The molecular weight excluding hydrogens is 278 g/mol. The van der Waals surface area contributed by atoms with Crippen molar-refractivity contribution < 1.29 is 0 Å². The molecule has 0 bridgehead atoms. The molecule has 2 unspecified atom stereocenters. The molecule has 0 amide bonds. The third-order valence-electron chi connectivity index (χ3n) is 4.89. The number of thiazole rings is 1. The fourth-order valence-corrected chi connectivity index (χ4v) is 5.12. The number of aromatic nitrogens is 1. The maximum absolute atomic E-state index is 5.09. The highest BCUT2D eigenvalue weighted by atomic mass is 32.1. The standard InChI is InChI=1S/C17H29N3S/c1-3-8-13-9-5-6-12-20(13)17-19-16-14(18-4-2)10-7-11-15(16)21-17/h13-14,18H,3-12H2,1-2H3. The summed E-state index contributed by atoms with van der Waals surface area (Å²) in [6, 6.07) is 1.23.